The SMILES string of the molecule is c1ccc2c(-c3ccc(-n4c5ccccc5c5cc(-c6ccc7c(c6)c6ccccc6n7-c6ccc7c(c6)oc6ccccc67)ccc54)cc3)cccc2c1. The number of hydrogen-bond donors (Lipinski definition) is 0. The fourth-order valence-corrected chi connectivity index (χ4v) is 8.98. The summed E-state index contributed by atoms with van der Waals surface area (Å²) in [6.07, 6.45) is 0. The van der Waals surface area contributed by atoms with E-state index in [4.69, 9.17) is 4.42 Å². The van der Waals surface area contributed by atoms with Crippen LogP contribution in [0.5, 0.6) is 0 Å². The third-order valence-corrected chi connectivity index (χ3v) is 11.5. The highest BCUT2D eigenvalue weighted by Gasteiger charge is 2.17. The van der Waals surface area contributed by atoms with E-state index in [0.29, 0.717) is 0 Å². The minimum Gasteiger partial charge on any atom is -0.456 e. The van der Waals surface area contributed by atoms with E-state index >= 15 is 0 Å². The van der Waals surface area contributed by atoms with Gasteiger partial charge in [-0.25, -0.2) is 0 Å². The Balaban J connectivity index is 0.978. The molecule has 0 bridgehead atoms. The topological polar surface area (TPSA) is 23.0 Å². The molecule has 0 spiro atoms. The summed E-state index contributed by atoms with van der Waals surface area (Å²) in [6, 6.07) is 70.3. The quantitative estimate of drug-likeness (QED) is 0.179. The van der Waals surface area contributed by atoms with Crippen LogP contribution in [0.1, 0.15) is 0 Å². The Hall–Kier alpha value is -7.36. The van der Waals surface area contributed by atoms with Crippen molar-refractivity contribution in [1.82, 2.24) is 9.13 Å². The van der Waals surface area contributed by atoms with Crippen molar-refractivity contribution in [3.8, 4) is 33.6 Å². The second kappa shape index (κ2) is 11.6. The van der Waals surface area contributed by atoms with Crippen molar-refractivity contribution in [1.29, 1.82) is 0 Å². The first-order chi connectivity index (χ1) is 27.3. The van der Waals surface area contributed by atoms with E-state index in [1.165, 1.54) is 76.6 Å². The first-order valence-corrected chi connectivity index (χ1v) is 18.8. The summed E-state index contributed by atoms with van der Waals surface area (Å²) in [7, 11) is 0. The molecule has 0 atom stereocenters. The second-order valence-corrected chi connectivity index (χ2v) is 14.5. The van der Waals surface area contributed by atoms with Crippen molar-refractivity contribution >= 4 is 76.3 Å². The highest BCUT2D eigenvalue weighted by molar-refractivity contribution is 6.13. The molecule has 256 valence electrons. The van der Waals surface area contributed by atoms with E-state index in [9.17, 15) is 0 Å². The molecular formula is C52H32N2O. The molecule has 0 aliphatic rings. The summed E-state index contributed by atoms with van der Waals surface area (Å²) in [5.41, 5.74) is 13.7. The Morgan fingerprint density at radius 1 is 0.291 bits per heavy atom. The van der Waals surface area contributed by atoms with Gasteiger partial charge in [-0.3, -0.25) is 0 Å². The lowest BCUT2D eigenvalue weighted by molar-refractivity contribution is 0.668. The summed E-state index contributed by atoms with van der Waals surface area (Å²) in [6.45, 7) is 0. The number of rotatable bonds is 4. The Kier molecular flexibility index (Phi) is 6.34. The summed E-state index contributed by atoms with van der Waals surface area (Å²) in [5, 5.41) is 9.76. The van der Waals surface area contributed by atoms with Crippen LogP contribution in [0.15, 0.2) is 199 Å². The molecule has 3 nitrogen and oxygen atoms in total. The standard InChI is InChI=1S/C52H32N2O/c1-2-12-39-33(10-1)11-9-16-40(39)34-20-24-37(25-21-34)53-47-17-6-3-13-41(47)45-30-35(22-28-49(45)53)36-23-29-50-46(31-36)42-14-4-7-18-48(42)54(50)38-26-27-44-43-15-5-8-19-51(43)55-52(44)32-38/h1-32H. The third-order valence-electron chi connectivity index (χ3n) is 11.5. The zero-order valence-corrected chi connectivity index (χ0v) is 29.8. The average molecular weight is 701 g/mol. The van der Waals surface area contributed by atoms with Crippen molar-refractivity contribution in [3.63, 3.8) is 0 Å². The van der Waals surface area contributed by atoms with Crippen LogP contribution in [-0.4, -0.2) is 9.13 Å². The van der Waals surface area contributed by atoms with Crippen LogP contribution in [0, 0.1) is 0 Å². The molecule has 3 heteroatoms. The lowest BCUT2D eigenvalue weighted by Gasteiger charge is -2.11. The maximum absolute atomic E-state index is 6.31. The van der Waals surface area contributed by atoms with Gasteiger partial charge in [-0.15, -0.1) is 0 Å². The highest BCUT2D eigenvalue weighted by Crippen LogP contribution is 2.40. The molecule has 0 fully saturated rings. The minimum absolute atomic E-state index is 0.898. The number of furan rings is 1. The molecule has 9 aromatic carbocycles. The van der Waals surface area contributed by atoms with Crippen molar-refractivity contribution in [2.75, 3.05) is 0 Å². The zero-order valence-electron chi connectivity index (χ0n) is 29.8. The van der Waals surface area contributed by atoms with Crippen LogP contribution < -0.4 is 0 Å². The Labute approximate surface area is 316 Å². The molecule has 0 radical (unpaired) electrons. The molecule has 55 heavy (non-hydrogen) atoms. The molecule has 0 amide bonds. The fraction of sp³-hybridized carbons (Fsp3) is 0. The van der Waals surface area contributed by atoms with Gasteiger partial charge in [-0.05, 0) is 99.8 Å². The minimum atomic E-state index is 0.898. The van der Waals surface area contributed by atoms with Crippen LogP contribution in [0.4, 0.5) is 0 Å². The van der Waals surface area contributed by atoms with Gasteiger partial charge in [0.15, 0.2) is 0 Å². The second-order valence-electron chi connectivity index (χ2n) is 14.5. The monoisotopic (exact) mass is 700 g/mol. The third kappa shape index (κ3) is 4.50. The van der Waals surface area contributed by atoms with Gasteiger partial charge in [0.05, 0.1) is 22.1 Å². The smallest absolute Gasteiger partial charge is 0.137 e. The summed E-state index contributed by atoms with van der Waals surface area (Å²) >= 11 is 0. The van der Waals surface area contributed by atoms with Gasteiger partial charge in [-0.2, -0.15) is 0 Å². The van der Waals surface area contributed by atoms with E-state index in [2.05, 4.69) is 191 Å². The van der Waals surface area contributed by atoms with E-state index < -0.39 is 0 Å². The van der Waals surface area contributed by atoms with Crippen LogP contribution in [0.3, 0.4) is 0 Å². The largest absolute Gasteiger partial charge is 0.456 e. The number of benzene rings is 9. The summed E-state index contributed by atoms with van der Waals surface area (Å²) in [4.78, 5) is 0. The summed E-state index contributed by atoms with van der Waals surface area (Å²) < 4.78 is 11.1. The molecule has 0 aliphatic carbocycles. The number of para-hydroxylation sites is 3. The maximum Gasteiger partial charge on any atom is 0.137 e. The lowest BCUT2D eigenvalue weighted by Crippen LogP contribution is -1.94. The number of hydrogen-bond acceptors (Lipinski definition) is 1. The van der Waals surface area contributed by atoms with E-state index in [1.54, 1.807) is 0 Å². The van der Waals surface area contributed by atoms with Crippen LogP contribution in [0.25, 0.3) is 110 Å². The van der Waals surface area contributed by atoms with Gasteiger partial charge in [0.2, 0.25) is 0 Å². The number of aromatic nitrogens is 2. The van der Waals surface area contributed by atoms with E-state index in [-0.39, 0.29) is 0 Å². The van der Waals surface area contributed by atoms with Crippen molar-refractivity contribution in [2.24, 2.45) is 0 Å². The van der Waals surface area contributed by atoms with E-state index in [1.807, 2.05) is 12.1 Å². The van der Waals surface area contributed by atoms with Gasteiger partial charge >= 0.3 is 0 Å². The molecule has 0 saturated heterocycles. The van der Waals surface area contributed by atoms with Gasteiger partial charge in [0.1, 0.15) is 11.2 Å². The molecule has 0 N–H and O–H groups in total. The van der Waals surface area contributed by atoms with Gasteiger partial charge in [0, 0.05) is 49.8 Å². The Bertz CT molecular complexity index is 3480. The molecule has 3 aromatic heterocycles. The average Bonchev–Trinajstić information content (AvgIpc) is 3.90. The zero-order chi connectivity index (χ0) is 36.0. The maximum atomic E-state index is 6.31. The molecule has 0 unspecified atom stereocenters. The van der Waals surface area contributed by atoms with Crippen LogP contribution in [0.2, 0.25) is 0 Å². The fourth-order valence-electron chi connectivity index (χ4n) is 8.98. The molecule has 0 saturated carbocycles. The highest BCUT2D eigenvalue weighted by atomic mass is 16.3. The predicted molar refractivity (Wildman–Crippen MR) is 231 cm³/mol. The van der Waals surface area contributed by atoms with Gasteiger partial charge in [0.25, 0.3) is 0 Å². The molecular weight excluding hydrogens is 669 g/mol. The van der Waals surface area contributed by atoms with E-state index in [0.717, 1.165) is 33.3 Å². The van der Waals surface area contributed by atoms with Crippen LogP contribution in [-0.2, 0) is 0 Å². The van der Waals surface area contributed by atoms with Crippen LogP contribution >= 0.6 is 0 Å². The van der Waals surface area contributed by atoms with Crippen molar-refractivity contribution in [2.45, 2.75) is 0 Å². The first-order valence-electron chi connectivity index (χ1n) is 18.8. The Morgan fingerprint density at radius 3 is 1.51 bits per heavy atom. The molecule has 12 rings (SSSR count). The molecule has 3 heterocycles. The first kappa shape index (κ1) is 30.1. The molecule has 0 aliphatic heterocycles. The molecule has 12 aromatic rings. The van der Waals surface area contributed by atoms with Crippen molar-refractivity contribution < 1.29 is 4.42 Å². The normalized spacial score (nSPS) is 12.0. The summed E-state index contributed by atoms with van der Waals surface area (Å²) in [5.74, 6) is 0. The lowest BCUT2D eigenvalue weighted by atomic mass is 9.98. The van der Waals surface area contributed by atoms with Crippen molar-refractivity contribution in [3.05, 3.63) is 194 Å². The van der Waals surface area contributed by atoms with Gasteiger partial charge < -0.3 is 13.6 Å². The van der Waals surface area contributed by atoms with Gasteiger partial charge in [-0.1, -0.05) is 121 Å². The Morgan fingerprint density at radius 2 is 0.800 bits per heavy atom. The predicted octanol–water partition coefficient (Wildman–Crippen LogP) is 14.3. The number of nitrogens with zero attached hydrogens (tertiary/aromatic N) is 2. The number of fused-ring (bicyclic) bond motifs is 10.